The normalized spacial score (nSPS) is 17.7. The highest BCUT2D eigenvalue weighted by Gasteiger charge is 2.40. The van der Waals surface area contributed by atoms with Crippen LogP contribution in [0.4, 0.5) is 10.8 Å². The molecule has 1 aromatic rings. The smallest absolute Gasteiger partial charge is 0.187 e. The van der Waals surface area contributed by atoms with E-state index >= 15 is 0 Å². The van der Waals surface area contributed by atoms with E-state index in [9.17, 15) is 8.42 Å². The standard InChI is InChI=1S/C10H17N3O3S2/c1-6(5-14)4-12-10-8(9(11)13-17-10)18(15,16)7-2-3-7/h6-7,12,14H,2-5H2,1H3,(H2,11,13). The van der Waals surface area contributed by atoms with Gasteiger partial charge >= 0.3 is 0 Å². The summed E-state index contributed by atoms with van der Waals surface area (Å²) in [6.45, 7) is 2.41. The molecule has 102 valence electrons. The predicted octanol–water partition coefficient (Wildman–Crippen LogP) is 0.702. The molecule has 0 saturated heterocycles. The molecule has 1 unspecified atom stereocenters. The zero-order chi connectivity index (χ0) is 13.3. The fourth-order valence-electron chi connectivity index (χ4n) is 1.56. The van der Waals surface area contributed by atoms with E-state index in [-0.39, 0.29) is 28.5 Å². The number of hydrogen-bond donors (Lipinski definition) is 3. The summed E-state index contributed by atoms with van der Waals surface area (Å²) in [7, 11) is -3.34. The van der Waals surface area contributed by atoms with Crippen molar-refractivity contribution in [3.05, 3.63) is 0 Å². The van der Waals surface area contributed by atoms with Gasteiger partial charge in [0.15, 0.2) is 15.7 Å². The Balaban J connectivity index is 2.22. The number of nitrogen functional groups attached to an aromatic ring is 1. The molecule has 18 heavy (non-hydrogen) atoms. The summed E-state index contributed by atoms with van der Waals surface area (Å²) < 4.78 is 28.3. The molecule has 0 aromatic carbocycles. The van der Waals surface area contributed by atoms with E-state index in [1.165, 1.54) is 0 Å². The van der Waals surface area contributed by atoms with Gasteiger partial charge in [0.25, 0.3) is 0 Å². The lowest BCUT2D eigenvalue weighted by atomic mass is 10.2. The molecule has 0 bridgehead atoms. The number of nitrogens with one attached hydrogen (secondary N) is 1. The summed E-state index contributed by atoms with van der Waals surface area (Å²) in [5.41, 5.74) is 5.66. The quantitative estimate of drug-likeness (QED) is 0.712. The van der Waals surface area contributed by atoms with Crippen molar-refractivity contribution >= 4 is 32.2 Å². The minimum absolute atomic E-state index is 0.0461. The van der Waals surface area contributed by atoms with E-state index in [0.717, 1.165) is 11.5 Å². The lowest BCUT2D eigenvalue weighted by molar-refractivity contribution is 0.244. The second-order valence-corrected chi connectivity index (χ2v) is 7.58. The zero-order valence-corrected chi connectivity index (χ0v) is 11.7. The van der Waals surface area contributed by atoms with Gasteiger partial charge in [0.05, 0.1) is 5.25 Å². The number of sulfone groups is 1. The van der Waals surface area contributed by atoms with Gasteiger partial charge in [-0.3, -0.25) is 0 Å². The second kappa shape index (κ2) is 5.02. The molecule has 8 heteroatoms. The molecule has 1 aliphatic carbocycles. The van der Waals surface area contributed by atoms with Gasteiger partial charge in [0, 0.05) is 13.2 Å². The van der Waals surface area contributed by atoms with E-state index < -0.39 is 9.84 Å². The Morgan fingerprint density at radius 3 is 2.83 bits per heavy atom. The van der Waals surface area contributed by atoms with Gasteiger partial charge in [0.2, 0.25) is 0 Å². The summed E-state index contributed by atoms with van der Waals surface area (Å²) in [5, 5.41) is 12.1. The van der Waals surface area contributed by atoms with Crippen LogP contribution in [0.15, 0.2) is 4.90 Å². The first kappa shape index (κ1) is 13.6. The van der Waals surface area contributed by atoms with Gasteiger partial charge in [-0.1, -0.05) is 6.92 Å². The van der Waals surface area contributed by atoms with Crippen molar-refractivity contribution in [3.8, 4) is 0 Å². The van der Waals surface area contributed by atoms with E-state index in [1.807, 2.05) is 6.92 Å². The van der Waals surface area contributed by atoms with Crippen LogP contribution in [0.25, 0.3) is 0 Å². The van der Waals surface area contributed by atoms with Crippen LogP contribution in [-0.2, 0) is 9.84 Å². The first-order valence-electron chi connectivity index (χ1n) is 5.80. The first-order valence-corrected chi connectivity index (χ1v) is 8.12. The molecular weight excluding hydrogens is 274 g/mol. The van der Waals surface area contributed by atoms with Gasteiger partial charge in [-0.25, -0.2) is 8.42 Å². The predicted molar refractivity (Wildman–Crippen MR) is 71.5 cm³/mol. The van der Waals surface area contributed by atoms with Gasteiger partial charge < -0.3 is 16.2 Å². The third-order valence-corrected chi connectivity index (χ3v) is 6.12. The third kappa shape index (κ3) is 2.60. The minimum atomic E-state index is -3.34. The molecule has 0 spiro atoms. The first-order chi connectivity index (χ1) is 8.46. The molecule has 0 radical (unpaired) electrons. The lowest BCUT2D eigenvalue weighted by Gasteiger charge is -2.10. The molecule has 6 nitrogen and oxygen atoms in total. The molecule has 1 aliphatic rings. The average molecular weight is 291 g/mol. The second-order valence-electron chi connectivity index (χ2n) is 4.64. The van der Waals surface area contributed by atoms with Crippen LogP contribution in [0.1, 0.15) is 19.8 Å². The van der Waals surface area contributed by atoms with Crippen molar-refractivity contribution in [2.24, 2.45) is 5.92 Å². The molecule has 0 amide bonds. The fourth-order valence-corrected chi connectivity index (χ4v) is 4.45. The molecule has 4 N–H and O–H groups in total. The van der Waals surface area contributed by atoms with E-state index in [1.54, 1.807) is 0 Å². The molecular formula is C10H17N3O3S2. The summed E-state index contributed by atoms with van der Waals surface area (Å²) in [6, 6.07) is 0. The third-order valence-electron chi connectivity index (χ3n) is 2.84. The number of aromatic nitrogens is 1. The zero-order valence-electron chi connectivity index (χ0n) is 10.1. The average Bonchev–Trinajstić information content (AvgIpc) is 3.11. The summed E-state index contributed by atoms with van der Waals surface area (Å²) >= 11 is 1.05. The Bertz CT molecular complexity index is 522. The highest BCUT2D eigenvalue weighted by molar-refractivity contribution is 7.92. The molecule has 1 fully saturated rings. The van der Waals surface area contributed by atoms with Crippen molar-refractivity contribution in [2.75, 3.05) is 24.2 Å². The topological polar surface area (TPSA) is 105 Å². The summed E-state index contributed by atoms with van der Waals surface area (Å²) in [5.74, 6) is 0.121. The highest BCUT2D eigenvalue weighted by Crippen LogP contribution is 2.40. The van der Waals surface area contributed by atoms with Crippen molar-refractivity contribution in [1.82, 2.24) is 4.37 Å². The van der Waals surface area contributed by atoms with Crippen LogP contribution in [0.3, 0.4) is 0 Å². The molecule has 1 atom stereocenters. The Kier molecular flexibility index (Phi) is 3.79. The van der Waals surface area contributed by atoms with Crippen molar-refractivity contribution < 1.29 is 13.5 Å². The van der Waals surface area contributed by atoms with Crippen molar-refractivity contribution in [2.45, 2.75) is 29.9 Å². The van der Waals surface area contributed by atoms with Gasteiger partial charge in [-0.15, -0.1) is 0 Å². The highest BCUT2D eigenvalue weighted by atomic mass is 32.2. The number of hydrogen-bond acceptors (Lipinski definition) is 7. The maximum atomic E-state index is 12.2. The number of rotatable bonds is 6. The van der Waals surface area contributed by atoms with Crippen molar-refractivity contribution in [1.29, 1.82) is 0 Å². The lowest BCUT2D eigenvalue weighted by Crippen LogP contribution is -2.16. The van der Waals surface area contributed by atoms with Crippen LogP contribution in [0, 0.1) is 5.92 Å². The Morgan fingerprint density at radius 1 is 1.61 bits per heavy atom. The number of anilines is 2. The van der Waals surface area contributed by atoms with Crippen LogP contribution in [0.5, 0.6) is 0 Å². The molecule has 2 rings (SSSR count). The largest absolute Gasteiger partial charge is 0.396 e. The molecule has 1 saturated carbocycles. The van der Waals surface area contributed by atoms with E-state index in [0.29, 0.717) is 24.4 Å². The number of nitrogens with two attached hydrogens (primary N) is 1. The van der Waals surface area contributed by atoms with Crippen molar-refractivity contribution in [3.63, 3.8) is 0 Å². The van der Waals surface area contributed by atoms with Crippen LogP contribution in [0.2, 0.25) is 0 Å². The van der Waals surface area contributed by atoms with Crippen LogP contribution in [-0.4, -0.2) is 36.3 Å². The molecule has 1 heterocycles. The monoisotopic (exact) mass is 291 g/mol. The summed E-state index contributed by atoms with van der Waals surface area (Å²) in [4.78, 5) is 0.139. The summed E-state index contributed by atoms with van der Waals surface area (Å²) in [6.07, 6.45) is 1.40. The Morgan fingerprint density at radius 2 is 2.28 bits per heavy atom. The van der Waals surface area contributed by atoms with Crippen LogP contribution < -0.4 is 11.1 Å². The Hall–Kier alpha value is -0.860. The van der Waals surface area contributed by atoms with E-state index in [4.69, 9.17) is 10.8 Å². The molecule has 0 aliphatic heterocycles. The van der Waals surface area contributed by atoms with Crippen LogP contribution >= 0.6 is 11.5 Å². The number of aliphatic hydroxyl groups excluding tert-OH is 1. The maximum absolute atomic E-state index is 12.2. The maximum Gasteiger partial charge on any atom is 0.187 e. The SMILES string of the molecule is CC(CO)CNc1snc(N)c1S(=O)(=O)C1CC1. The fraction of sp³-hybridized carbons (Fsp3) is 0.700. The van der Waals surface area contributed by atoms with E-state index in [2.05, 4.69) is 9.69 Å². The van der Waals surface area contributed by atoms with Gasteiger partial charge in [0.1, 0.15) is 9.90 Å². The molecule has 1 aromatic heterocycles. The number of aliphatic hydroxyl groups is 1. The van der Waals surface area contributed by atoms with Gasteiger partial charge in [-0.2, -0.15) is 4.37 Å². The number of nitrogens with zero attached hydrogens (tertiary/aromatic N) is 1. The minimum Gasteiger partial charge on any atom is -0.396 e. The van der Waals surface area contributed by atoms with Gasteiger partial charge in [-0.05, 0) is 30.3 Å². The Labute approximate surface area is 110 Å².